The lowest BCUT2D eigenvalue weighted by molar-refractivity contribution is -0.138. The third-order valence-electron chi connectivity index (χ3n) is 7.75. The number of carbonyl (C=O) groups excluding carboxylic acids is 2. The number of piperazine rings is 1. The number of benzene rings is 3. The first-order valence-electron chi connectivity index (χ1n) is 14.7. The van der Waals surface area contributed by atoms with Gasteiger partial charge in [0.05, 0.1) is 5.56 Å². The molecule has 0 spiro atoms. The van der Waals surface area contributed by atoms with Gasteiger partial charge < -0.3 is 20.9 Å². The molecule has 1 fully saturated rings. The van der Waals surface area contributed by atoms with Crippen molar-refractivity contribution in [2.24, 2.45) is 0 Å². The molecule has 1 aliphatic heterocycles. The zero-order valence-corrected chi connectivity index (χ0v) is 25.7. The van der Waals surface area contributed by atoms with Crippen molar-refractivity contribution < 1.29 is 22.8 Å². The fraction of sp³-hybridized carbons (Fsp3) is 0.273. The van der Waals surface area contributed by atoms with Crippen LogP contribution in [0, 0.1) is 6.92 Å². The average molecular weight is 633 g/mol. The monoisotopic (exact) mass is 632 g/mol. The molecule has 0 saturated carbocycles. The number of halogens is 3. The van der Waals surface area contributed by atoms with Crippen molar-refractivity contribution in [3.63, 3.8) is 0 Å². The summed E-state index contributed by atoms with van der Waals surface area (Å²) in [6.45, 7) is 4.84. The van der Waals surface area contributed by atoms with Crippen molar-refractivity contribution in [3.05, 3.63) is 101 Å². The number of aromatic nitrogens is 2. The van der Waals surface area contributed by atoms with Crippen LogP contribution in [0.5, 0.6) is 0 Å². The number of carbonyl (C=O) groups is 2. The van der Waals surface area contributed by atoms with Gasteiger partial charge in [0.1, 0.15) is 18.0 Å². The molecule has 0 aliphatic carbocycles. The van der Waals surface area contributed by atoms with Gasteiger partial charge in [-0.25, -0.2) is 14.8 Å². The summed E-state index contributed by atoms with van der Waals surface area (Å²) >= 11 is 0. The molecule has 10 nitrogen and oxygen atoms in total. The topological polar surface area (TPSA) is 106 Å². The van der Waals surface area contributed by atoms with E-state index >= 15 is 0 Å². The predicted molar refractivity (Wildman–Crippen MR) is 173 cm³/mol. The van der Waals surface area contributed by atoms with E-state index < -0.39 is 23.7 Å². The SMILES string of the molecule is Cc1ccc(NC(=O)c2ccc(CN3CCN(C)CC3)c(C(F)(F)F)c2)cc1NC(=O)N(C)c1cc(Nc2ccccc2)ncn1. The number of hydrogen-bond donors (Lipinski definition) is 3. The molecule has 4 aromatic rings. The molecule has 13 heteroatoms. The quantitative estimate of drug-likeness (QED) is 0.212. The van der Waals surface area contributed by atoms with Crippen LogP contribution in [0.3, 0.4) is 0 Å². The highest BCUT2D eigenvalue weighted by Crippen LogP contribution is 2.34. The zero-order valence-electron chi connectivity index (χ0n) is 25.7. The first-order chi connectivity index (χ1) is 22.0. The van der Waals surface area contributed by atoms with Crippen molar-refractivity contribution in [2.45, 2.75) is 19.6 Å². The summed E-state index contributed by atoms with van der Waals surface area (Å²) in [6.07, 6.45) is -3.28. The minimum absolute atomic E-state index is 0.121. The molecule has 0 atom stereocenters. The van der Waals surface area contributed by atoms with Crippen LogP contribution in [0.25, 0.3) is 0 Å². The summed E-state index contributed by atoms with van der Waals surface area (Å²) in [4.78, 5) is 40.1. The minimum atomic E-state index is -4.62. The number of alkyl halides is 3. The van der Waals surface area contributed by atoms with Crippen LogP contribution >= 0.6 is 0 Å². The first kappa shape index (κ1) is 32.4. The van der Waals surface area contributed by atoms with Gasteiger partial charge >= 0.3 is 12.2 Å². The molecular formula is C33H35F3N8O2. The lowest BCUT2D eigenvalue weighted by atomic mass is 10.0. The molecule has 2 heterocycles. The van der Waals surface area contributed by atoms with Gasteiger partial charge in [-0.05, 0) is 61.5 Å². The molecule has 240 valence electrons. The van der Waals surface area contributed by atoms with Crippen molar-refractivity contribution >= 4 is 40.6 Å². The number of aryl methyl sites for hydroxylation is 1. The largest absolute Gasteiger partial charge is 0.416 e. The van der Waals surface area contributed by atoms with Gasteiger partial charge in [-0.3, -0.25) is 14.6 Å². The van der Waals surface area contributed by atoms with E-state index in [9.17, 15) is 22.8 Å². The molecule has 3 N–H and O–H groups in total. The fourth-order valence-corrected chi connectivity index (χ4v) is 4.98. The maximum atomic E-state index is 14.0. The maximum Gasteiger partial charge on any atom is 0.416 e. The highest BCUT2D eigenvalue weighted by Gasteiger charge is 2.34. The Balaban J connectivity index is 1.26. The molecule has 1 aliphatic rings. The molecule has 0 unspecified atom stereocenters. The summed E-state index contributed by atoms with van der Waals surface area (Å²) in [5.41, 5.74) is 1.43. The number of anilines is 5. The number of para-hydroxylation sites is 1. The molecule has 3 amide bonds. The molecule has 5 rings (SSSR count). The van der Waals surface area contributed by atoms with Gasteiger partial charge in [0.25, 0.3) is 5.91 Å². The summed E-state index contributed by atoms with van der Waals surface area (Å²) in [5, 5.41) is 8.62. The van der Waals surface area contributed by atoms with Crippen molar-refractivity contribution in [3.8, 4) is 0 Å². The Bertz CT molecular complexity index is 1690. The highest BCUT2D eigenvalue weighted by molar-refractivity contribution is 6.05. The van der Waals surface area contributed by atoms with Crippen LogP contribution < -0.4 is 20.9 Å². The standard InChI is InChI=1S/C33H35F3N8O2/c1-22-9-12-26(18-28(22)41-32(46)43(3)30-19-29(37-21-38-30)39-25-7-5-4-6-8-25)40-31(45)23-10-11-24(27(17-23)33(34,35)36)20-44-15-13-42(2)14-16-44/h4-12,17-19,21H,13-16,20H2,1-3H3,(H,40,45)(H,41,46)(H,37,38,39). The van der Waals surface area contributed by atoms with Crippen LogP contribution in [0.15, 0.2) is 79.1 Å². The van der Waals surface area contributed by atoms with Crippen LogP contribution in [0.1, 0.15) is 27.0 Å². The number of nitrogens with zero attached hydrogens (tertiary/aromatic N) is 5. The van der Waals surface area contributed by atoms with E-state index in [1.807, 2.05) is 42.3 Å². The zero-order chi connectivity index (χ0) is 32.8. The van der Waals surface area contributed by atoms with Crippen molar-refractivity contribution in [2.75, 3.05) is 61.1 Å². The number of urea groups is 1. The maximum absolute atomic E-state index is 14.0. The van der Waals surface area contributed by atoms with E-state index in [2.05, 4.69) is 30.8 Å². The lowest BCUT2D eigenvalue weighted by Crippen LogP contribution is -2.44. The Kier molecular flexibility index (Phi) is 9.83. The van der Waals surface area contributed by atoms with Crippen LogP contribution in [0.2, 0.25) is 0 Å². The number of amides is 3. The number of likely N-dealkylation sites (N-methyl/N-ethyl adjacent to an activating group) is 1. The van der Waals surface area contributed by atoms with Gasteiger partial charge in [0, 0.05) is 68.5 Å². The van der Waals surface area contributed by atoms with Crippen LogP contribution in [-0.4, -0.2) is 72.0 Å². The van der Waals surface area contributed by atoms with Gasteiger partial charge in [0.2, 0.25) is 0 Å². The molecule has 1 saturated heterocycles. The smallest absolute Gasteiger partial charge is 0.340 e. The molecular weight excluding hydrogens is 597 g/mol. The number of hydrogen-bond acceptors (Lipinski definition) is 7. The van der Waals surface area contributed by atoms with Crippen molar-refractivity contribution in [1.29, 1.82) is 0 Å². The Morgan fingerprint density at radius 2 is 1.63 bits per heavy atom. The molecule has 3 aromatic carbocycles. The molecule has 0 radical (unpaired) electrons. The van der Waals surface area contributed by atoms with E-state index in [1.165, 1.54) is 23.4 Å². The number of nitrogens with one attached hydrogen (secondary N) is 3. The highest BCUT2D eigenvalue weighted by atomic mass is 19.4. The lowest BCUT2D eigenvalue weighted by Gasteiger charge is -2.33. The van der Waals surface area contributed by atoms with Gasteiger partial charge in [0.15, 0.2) is 0 Å². The third kappa shape index (κ3) is 8.17. The Labute approximate surface area is 265 Å². The van der Waals surface area contributed by atoms with Gasteiger partial charge in [-0.1, -0.05) is 30.3 Å². The Hall–Kier alpha value is -5.01. The summed E-state index contributed by atoms with van der Waals surface area (Å²) in [7, 11) is 3.53. The fourth-order valence-electron chi connectivity index (χ4n) is 4.98. The van der Waals surface area contributed by atoms with Gasteiger partial charge in [-0.15, -0.1) is 0 Å². The number of rotatable bonds is 8. The average Bonchev–Trinajstić information content (AvgIpc) is 3.03. The van der Waals surface area contributed by atoms with Gasteiger partial charge in [-0.2, -0.15) is 13.2 Å². The third-order valence-corrected chi connectivity index (χ3v) is 7.75. The minimum Gasteiger partial charge on any atom is -0.340 e. The second-order valence-corrected chi connectivity index (χ2v) is 11.2. The van der Waals surface area contributed by atoms with E-state index in [0.717, 1.165) is 24.8 Å². The Morgan fingerprint density at radius 1 is 0.891 bits per heavy atom. The normalized spacial score (nSPS) is 14.0. The first-order valence-corrected chi connectivity index (χ1v) is 14.7. The van der Waals surface area contributed by atoms with E-state index in [-0.39, 0.29) is 17.7 Å². The summed E-state index contributed by atoms with van der Waals surface area (Å²) in [6, 6.07) is 19.1. The van der Waals surface area contributed by atoms with E-state index in [1.54, 1.807) is 38.2 Å². The Morgan fingerprint density at radius 3 is 2.35 bits per heavy atom. The summed E-state index contributed by atoms with van der Waals surface area (Å²) in [5.74, 6) is 0.136. The second kappa shape index (κ2) is 14.0. The van der Waals surface area contributed by atoms with E-state index in [0.29, 0.717) is 41.7 Å². The summed E-state index contributed by atoms with van der Waals surface area (Å²) < 4.78 is 42.1. The van der Waals surface area contributed by atoms with E-state index in [4.69, 9.17) is 0 Å². The van der Waals surface area contributed by atoms with Crippen molar-refractivity contribution in [1.82, 2.24) is 19.8 Å². The predicted octanol–water partition coefficient (Wildman–Crippen LogP) is 6.22. The molecule has 46 heavy (non-hydrogen) atoms. The molecule has 0 bridgehead atoms. The van der Waals surface area contributed by atoms with Crippen LogP contribution in [-0.2, 0) is 12.7 Å². The van der Waals surface area contributed by atoms with Crippen LogP contribution in [0.4, 0.5) is 46.7 Å². The second-order valence-electron chi connectivity index (χ2n) is 11.2. The molecule has 1 aromatic heterocycles.